The van der Waals surface area contributed by atoms with Gasteiger partial charge in [-0.15, -0.1) is 0 Å². The van der Waals surface area contributed by atoms with Crippen LogP contribution in [0.1, 0.15) is 11.1 Å². The van der Waals surface area contributed by atoms with Gasteiger partial charge in [0, 0.05) is 22.1 Å². The zero-order valence-electron chi connectivity index (χ0n) is 18.2. The van der Waals surface area contributed by atoms with Crippen molar-refractivity contribution in [3.63, 3.8) is 0 Å². The maximum atomic E-state index is 13.3. The molecule has 0 aliphatic rings. The van der Waals surface area contributed by atoms with Crippen LogP contribution in [0.4, 0.5) is 5.13 Å². The molecule has 0 spiro atoms. The Hall–Kier alpha value is -3.20. The van der Waals surface area contributed by atoms with Gasteiger partial charge in [-0.3, -0.25) is 4.79 Å². The highest BCUT2D eigenvalue weighted by molar-refractivity contribution is 7.90. The molecule has 0 atom stereocenters. The summed E-state index contributed by atoms with van der Waals surface area (Å²) in [6.45, 7) is 1.94. The Bertz CT molecular complexity index is 1640. The van der Waals surface area contributed by atoms with E-state index in [0.29, 0.717) is 26.6 Å². The van der Waals surface area contributed by atoms with Crippen LogP contribution in [0.15, 0.2) is 77.8 Å². The third-order valence-corrected chi connectivity index (χ3v) is 8.43. The number of sulfone groups is 1. The lowest BCUT2D eigenvalue weighted by atomic mass is 10.2. The molecule has 3 aromatic carbocycles. The number of hydrogen-bond acceptors (Lipinski definition) is 5. The predicted molar refractivity (Wildman–Crippen MR) is 137 cm³/mol. The Balaban J connectivity index is 1.43. The lowest BCUT2D eigenvalue weighted by Crippen LogP contribution is -2.18. The van der Waals surface area contributed by atoms with Crippen molar-refractivity contribution in [2.75, 3.05) is 5.32 Å². The average molecular weight is 510 g/mol. The van der Waals surface area contributed by atoms with Gasteiger partial charge in [0.1, 0.15) is 6.54 Å². The quantitative estimate of drug-likeness (QED) is 0.312. The third-order valence-electron chi connectivity index (χ3n) is 5.54. The van der Waals surface area contributed by atoms with Gasteiger partial charge in [0.05, 0.1) is 20.9 Å². The first kappa shape index (κ1) is 22.6. The summed E-state index contributed by atoms with van der Waals surface area (Å²) in [5.74, 6) is -0.436. The van der Waals surface area contributed by atoms with Crippen LogP contribution in [0.2, 0.25) is 5.02 Å². The van der Waals surface area contributed by atoms with E-state index >= 15 is 0 Å². The zero-order valence-corrected chi connectivity index (χ0v) is 20.5. The van der Waals surface area contributed by atoms with Crippen molar-refractivity contribution < 1.29 is 13.2 Å². The van der Waals surface area contributed by atoms with Crippen molar-refractivity contribution >= 4 is 64.9 Å². The summed E-state index contributed by atoms with van der Waals surface area (Å²) in [7, 11) is -3.65. The van der Waals surface area contributed by atoms with E-state index in [0.717, 1.165) is 15.8 Å². The lowest BCUT2D eigenvalue weighted by molar-refractivity contribution is -0.116. The molecule has 9 heteroatoms. The minimum atomic E-state index is -3.65. The molecule has 5 aromatic rings. The summed E-state index contributed by atoms with van der Waals surface area (Å²) >= 11 is 7.33. The monoisotopic (exact) mass is 509 g/mol. The van der Waals surface area contributed by atoms with Crippen LogP contribution in [0.3, 0.4) is 0 Å². The molecule has 0 aliphatic heterocycles. The number of benzene rings is 3. The smallest absolute Gasteiger partial charge is 0.246 e. The maximum Gasteiger partial charge on any atom is 0.246 e. The topological polar surface area (TPSA) is 81.1 Å². The number of carbonyl (C=O) groups is 1. The zero-order chi connectivity index (χ0) is 23.9. The van der Waals surface area contributed by atoms with Crippen molar-refractivity contribution in [3.8, 4) is 0 Å². The lowest BCUT2D eigenvalue weighted by Gasteiger charge is -2.05. The van der Waals surface area contributed by atoms with Crippen LogP contribution in [-0.4, -0.2) is 23.9 Å². The second kappa shape index (κ2) is 8.87. The molecule has 172 valence electrons. The summed E-state index contributed by atoms with van der Waals surface area (Å²) in [5, 5.41) is 4.50. The maximum absolute atomic E-state index is 13.3. The molecule has 0 radical (unpaired) electrons. The number of carbonyl (C=O) groups excluding carboxylic acids is 1. The fourth-order valence-corrected chi connectivity index (χ4v) is 6.59. The van der Waals surface area contributed by atoms with Crippen LogP contribution in [-0.2, 0) is 26.9 Å². The number of aryl methyl sites for hydroxylation is 1. The van der Waals surface area contributed by atoms with Gasteiger partial charge in [-0.1, -0.05) is 65.4 Å². The van der Waals surface area contributed by atoms with Gasteiger partial charge in [-0.25, -0.2) is 13.4 Å². The Kier molecular flexibility index (Phi) is 5.89. The number of para-hydroxylation sites is 2. The standard InChI is InChI=1S/C25H20ClN3O3S2/c1-16-5-4-8-21-24(16)28-25(33-21)27-23(30)14-29-13-22(19-6-2-3-7-20(19)29)34(31,32)15-17-9-11-18(26)12-10-17/h2-13H,14-15H2,1H3,(H,27,28,30). The Morgan fingerprint density at radius 1 is 1.06 bits per heavy atom. The summed E-state index contributed by atoms with van der Waals surface area (Å²) in [4.78, 5) is 17.6. The number of fused-ring (bicyclic) bond motifs is 2. The molecule has 5 rings (SSSR count). The Morgan fingerprint density at radius 3 is 2.59 bits per heavy atom. The number of rotatable bonds is 6. The molecule has 0 fully saturated rings. The van der Waals surface area contributed by atoms with E-state index in [1.165, 1.54) is 17.5 Å². The molecule has 2 heterocycles. The highest BCUT2D eigenvalue weighted by Crippen LogP contribution is 2.30. The normalized spacial score (nSPS) is 11.8. The predicted octanol–water partition coefficient (Wildman–Crippen LogP) is 5.83. The molecule has 1 N–H and O–H groups in total. The highest BCUT2D eigenvalue weighted by atomic mass is 35.5. The summed E-state index contributed by atoms with van der Waals surface area (Å²) in [5.41, 5.74) is 3.23. The second-order valence-electron chi connectivity index (χ2n) is 8.01. The minimum absolute atomic E-state index is 0.0358. The summed E-state index contributed by atoms with van der Waals surface area (Å²) < 4.78 is 29.2. The van der Waals surface area contributed by atoms with Crippen LogP contribution in [0.25, 0.3) is 21.1 Å². The first-order valence-corrected chi connectivity index (χ1v) is 13.4. The largest absolute Gasteiger partial charge is 0.337 e. The van der Waals surface area contributed by atoms with Crippen LogP contribution in [0, 0.1) is 6.92 Å². The number of thiazole rings is 1. The number of halogens is 1. The SMILES string of the molecule is Cc1cccc2sc(NC(=O)Cn3cc(S(=O)(=O)Cc4ccc(Cl)cc4)c4ccccc43)nc12. The second-order valence-corrected chi connectivity index (χ2v) is 11.4. The molecular formula is C25H20ClN3O3S2. The Labute approximate surface area is 205 Å². The molecule has 0 unspecified atom stereocenters. The van der Waals surface area contributed by atoms with E-state index in [-0.39, 0.29) is 23.1 Å². The number of anilines is 1. The van der Waals surface area contributed by atoms with Gasteiger partial charge in [-0.05, 0) is 42.3 Å². The molecule has 34 heavy (non-hydrogen) atoms. The summed E-state index contributed by atoms with van der Waals surface area (Å²) in [6, 6.07) is 19.8. The third kappa shape index (κ3) is 4.44. The number of nitrogens with zero attached hydrogens (tertiary/aromatic N) is 2. The van der Waals surface area contributed by atoms with Gasteiger partial charge in [0.2, 0.25) is 5.91 Å². The van der Waals surface area contributed by atoms with Crippen molar-refractivity contribution in [1.82, 2.24) is 9.55 Å². The highest BCUT2D eigenvalue weighted by Gasteiger charge is 2.22. The van der Waals surface area contributed by atoms with Gasteiger partial charge in [0.15, 0.2) is 15.0 Å². The van der Waals surface area contributed by atoms with Gasteiger partial charge < -0.3 is 9.88 Å². The number of aromatic nitrogens is 2. The fourth-order valence-electron chi connectivity index (χ4n) is 3.92. The molecule has 0 saturated heterocycles. The van der Waals surface area contributed by atoms with Gasteiger partial charge >= 0.3 is 0 Å². The van der Waals surface area contributed by atoms with E-state index < -0.39 is 9.84 Å². The van der Waals surface area contributed by atoms with Crippen molar-refractivity contribution in [1.29, 1.82) is 0 Å². The van der Waals surface area contributed by atoms with Crippen LogP contribution in [0.5, 0.6) is 0 Å². The Morgan fingerprint density at radius 2 is 1.82 bits per heavy atom. The molecule has 0 aliphatic carbocycles. The minimum Gasteiger partial charge on any atom is -0.337 e. The molecule has 1 amide bonds. The first-order valence-electron chi connectivity index (χ1n) is 10.5. The van der Waals surface area contributed by atoms with Crippen molar-refractivity contribution in [2.24, 2.45) is 0 Å². The van der Waals surface area contributed by atoms with E-state index in [9.17, 15) is 13.2 Å². The number of hydrogen-bond donors (Lipinski definition) is 1. The van der Waals surface area contributed by atoms with Crippen LogP contribution >= 0.6 is 22.9 Å². The fraction of sp³-hybridized carbons (Fsp3) is 0.120. The molecular weight excluding hydrogens is 490 g/mol. The van der Waals surface area contributed by atoms with Gasteiger partial charge in [0.25, 0.3) is 0 Å². The number of amides is 1. The van der Waals surface area contributed by atoms with Crippen LogP contribution < -0.4 is 5.32 Å². The van der Waals surface area contributed by atoms with E-state index in [1.54, 1.807) is 41.0 Å². The van der Waals surface area contributed by atoms with Gasteiger partial charge in [-0.2, -0.15) is 0 Å². The van der Waals surface area contributed by atoms with Crippen molar-refractivity contribution in [3.05, 3.63) is 89.1 Å². The van der Waals surface area contributed by atoms with E-state index in [2.05, 4.69) is 10.3 Å². The van der Waals surface area contributed by atoms with Crippen molar-refractivity contribution in [2.45, 2.75) is 24.1 Å². The molecule has 6 nitrogen and oxygen atoms in total. The number of nitrogens with one attached hydrogen (secondary N) is 1. The summed E-state index contributed by atoms with van der Waals surface area (Å²) in [6.07, 6.45) is 1.54. The molecule has 0 saturated carbocycles. The molecule has 2 aromatic heterocycles. The average Bonchev–Trinajstić information content (AvgIpc) is 3.38. The van der Waals surface area contributed by atoms with E-state index in [4.69, 9.17) is 11.6 Å². The molecule has 0 bridgehead atoms. The first-order chi connectivity index (χ1) is 16.3. The van der Waals surface area contributed by atoms with E-state index in [1.807, 2.05) is 37.3 Å².